The molecule has 3 rings (SSSR count). The monoisotopic (exact) mass is 293 g/mol. The quantitative estimate of drug-likeness (QED) is 0.529. The van der Waals surface area contributed by atoms with Crippen LogP contribution in [0.15, 0.2) is 78.2 Å². The van der Waals surface area contributed by atoms with Crippen molar-refractivity contribution in [3.05, 3.63) is 94.2 Å². The Kier molecular flexibility index (Phi) is 3.75. The molecule has 1 atom stereocenters. The summed E-state index contributed by atoms with van der Waals surface area (Å²) >= 11 is 0. The first-order valence-electron chi connectivity index (χ1n) is 6.58. The van der Waals surface area contributed by atoms with E-state index >= 15 is 0 Å². The fourth-order valence-electron chi connectivity index (χ4n) is 2.12. The summed E-state index contributed by atoms with van der Waals surface area (Å²) in [5.74, 6) is -0.0757. The van der Waals surface area contributed by atoms with Crippen molar-refractivity contribution in [1.29, 1.82) is 0 Å². The summed E-state index contributed by atoms with van der Waals surface area (Å²) in [5.41, 5.74) is 1.25. The van der Waals surface area contributed by atoms with Crippen molar-refractivity contribution in [1.82, 2.24) is 0 Å². The summed E-state index contributed by atoms with van der Waals surface area (Å²) in [4.78, 5) is 25.7. The lowest BCUT2D eigenvalue weighted by Gasteiger charge is -1.97. The van der Waals surface area contributed by atoms with E-state index in [4.69, 9.17) is 0 Å². The van der Waals surface area contributed by atoms with Crippen molar-refractivity contribution >= 4 is 21.4 Å². The van der Waals surface area contributed by atoms with Gasteiger partial charge in [0.2, 0.25) is 10.7 Å². The number of rotatable bonds is 4. The van der Waals surface area contributed by atoms with E-state index < -0.39 is 10.5 Å². The molecule has 1 aromatic heterocycles. The zero-order valence-corrected chi connectivity index (χ0v) is 12.0. The van der Waals surface area contributed by atoms with Gasteiger partial charge in [0.25, 0.3) is 0 Å². The highest BCUT2D eigenvalue weighted by atomic mass is 32.2. The number of thiophene rings is 1. The van der Waals surface area contributed by atoms with E-state index in [1.807, 2.05) is 41.8 Å². The summed E-state index contributed by atoms with van der Waals surface area (Å²) in [7, 11) is -0.799. The minimum Gasteiger partial charge on any atom is -0.283 e. The molecule has 0 aliphatic rings. The van der Waals surface area contributed by atoms with Crippen molar-refractivity contribution in [3.8, 4) is 0 Å². The molecule has 3 aromatic rings. The SMILES string of the molecule is O=C(c1ccccc1)c1ccc[s+]1C(=O)c1ccccc1. The number of carbonyl (C=O) groups is 2. The molecular weight excluding hydrogens is 280 g/mol. The highest BCUT2D eigenvalue weighted by Gasteiger charge is 2.29. The molecule has 0 fully saturated rings. The molecule has 0 radical (unpaired) electrons. The first-order chi connectivity index (χ1) is 10.3. The zero-order valence-electron chi connectivity index (χ0n) is 11.2. The fourth-order valence-corrected chi connectivity index (χ4v) is 3.76. The van der Waals surface area contributed by atoms with Crippen molar-refractivity contribution in [2.24, 2.45) is 0 Å². The predicted octanol–water partition coefficient (Wildman–Crippen LogP) is 4.36. The molecule has 0 amide bonds. The highest BCUT2D eigenvalue weighted by molar-refractivity contribution is 7.52. The molecule has 0 N–H and O–H groups in total. The van der Waals surface area contributed by atoms with Gasteiger partial charge in [-0.05, 0) is 18.2 Å². The maximum atomic E-state index is 12.6. The van der Waals surface area contributed by atoms with E-state index in [1.165, 1.54) is 0 Å². The van der Waals surface area contributed by atoms with Gasteiger partial charge in [-0.25, -0.2) is 4.79 Å². The lowest BCUT2D eigenvalue weighted by atomic mass is 10.1. The molecule has 2 aromatic carbocycles. The van der Waals surface area contributed by atoms with Crippen molar-refractivity contribution in [3.63, 3.8) is 0 Å². The molecule has 0 aliphatic heterocycles. The van der Waals surface area contributed by atoms with Crippen LogP contribution in [-0.4, -0.2) is 10.9 Å². The van der Waals surface area contributed by atoms with E-state index in [2.05, 4.69) is 0 Å². The van der Waals surface area contributed by atoms with Gasteiger partial charge in [-0.2, -0.15) is 0 Å². The molecule has 1 unspecified atom stereocenters. The summed E-state index contributed by atoms with van der Waals surface area (Å²) in [6.45, 7) is 0. The van der Waals surface area contributed by atoms with Gasteiger partial charge in [-0.1, -0.05) is 48.5 Å². The Morgan fingerprint density at radius 3 is 1.86 bits per heavy atom. The molecule has 0 spiro atoms. The molecule has 0 aliphatic carbocycles. The van der Waals surface area contributed by atoms with E-state index in [0.29, 0.717) is 16.0 Å². The van der Waals surface area contributed by atoms with Crippen LogP contribution >= 0.6 is 10.5 Å². The molecule has 21 heavy (non-hydrogen) atoms. The average Bonchev–Trinajstić information content (AvgIpc) is 3.04. The second kappa shape index (κ2) is 5.85. The van der Waals surface area contributed by atoms with E-state index in [0.717, 1.165) is 0 Å². The Morgan fingerprint density at radius 1 is 0.667 bits per heavy atom. The van der Waals surface area contributed by atoms with Gasteiger partial charge in [0.1, 0.15) is 5.38 Å². The summed E-state index contributed by atoms with van der Waals surface area (Å²) in [6.07, 6.45) is 0. The van der Waals surface area contributed by atoms with Crippen LogP contribution in [0, 0.1) is 0 Å². The minimum atomic E-state index is -0.799. The molecule has 0 bridgehead atoms. The van der Waals surface area contributed by atoms with Gasteiger partial charge < -0.3 is 0 Å². The Balaban J connectivity index is 1.99. The van der Waals surface area contributed by atoms with Crippen LogP contribution in [0.3, 0.4) is 0 Å². The van der Waals surface area contributed by atoms with Crippen molar-refractivity contribution < 1.29 is 9.59 Å². The molecule has 0 saturated carbocycles. The van der Waals surface area contributed by atoms with E-state index in [-0.39, 0.29) is 10.9 Å². The number of hydrogen-bond acceptors (Lipinski definition) is 2. The number of ketones is 1. The van der Waals surface area contributed by atoms with Crippen LogP contribution in [0.25, 0.3) is 0 Å². The molecule has 0 saturated heterocycles. The van der Waals surface area contributed by atoms with Gasteiger partial charge in [-0.15, -0.1) is 0 Å². The standard InChI is InChI=1S/C18H13O2S/c19-17(14-8-3-1-4-9-14)16-12-7-13-21(16)18(20)15-10-5-2-6-11-15/h1-13H/q+1. The van der Waals surface area contributed by atoms with Crippen LogP contribution in [0.2, 0.25) is 0 Å². The maximum Gasteiger partial charge on any atom is 0.387 e. The van der Waals surface area contributed by atoms with Gasteiger partial charge in [-0.3, -0.25) is 4.79 Å². The van der Waals surface area contributed by atoms with E-state index in [9.17, 15) is 9.59 Å². The molecule has 3 heteroatoms. The van der Waals surface area contributed by atoms with Crippen LogP contribution in [0.4, 0.5) is 0 Å². The number of hydrogen-bond donors (Lipinski definition) is 0. The smallest absolute Gasteiger partial charge is 0.283 e. The Labute approximate surface area is 125 Å². The summed E-state index contributed by atoms with van der Waals surface area (Å²) in [6, 6.07) is 21.7. The summed E-state index contributed by atoms with van der Waals surface area (Å²) < 4.78 is 0. The zero-order chi connectivity index (χ0) is 14.7. The Morgan fingerprint density at radius 2 is 1.24 bits per heavy atom. The fraction of sp³-hybridized carbons (Fsp3) is 0. The van der Waals surface area contributed by atoms with Gasteiger partial charge in [0, 0.05) is 11.6 Å². The molecule has 2 nitrogen and oxygen atoms in total. The second-order valence-electron chi connectivity index (χ2n) is 4.55. The average molecular weight is 293 g/mol. The first kappa shape index (κ1) is 13.5. The second-order valence-corrected chi connectivity index (χ2v) is 6.30. The van der Waals surface area contributed by atoms with E-state index in [1.54, 1.807) is 36.4 Å². The molecule has 1 heterocycles. The normalized spacial score (nSPS) is 11.1. The van der Waals surface area contributed by atoms with Gasteiger partial charge in [0.15, 0.2) is 0 Å². The minimum absolute atomic E-state index is 0.0140. The lowest BCUT2D eigenvalue weighted by molar-refractivity contribution is 0.103. The third-order valence-electron chi connectivity index (χ3n) is 3.17. The van der Waals surface area contributed by atoms with Crippen LogP contribution in [0.1, 0.15) is 25.6 Å². The topological polar surface area (TPSA) is 34.1 Å². The summed E-state index contributed by atoms with van der Waals surface area (Å²) in [5, 5.41) is 1.80. The first-order valence-corrected chi connectivity index (χ1v) is 7.87. The number of carbonyl (C=O) groups excluding carboxylic acids is 2. The van der Waals surface area contributed by atoms with Crippen molar-refractivity contribution in [2.75, 3.05) is 0 Å². The van der Waals surface area contributed by atoms with Crippen LogP contribution in [0.5, 0.6) is 0 Å². The maximum absolute atomic E-state index is 12.6. The van der Waals surface area contributed by atoms with Crippen LogP contribution in [-0.2, 0) is 0 Å². The third kappa shape index (κ3) is 2.69. The number of benzene rings is 2. The predicted molar refractivity (Wildman–Crippen MR) is 85.0 cm³/mol. The van der Waals surface area contributed by atoms with Crippen LogP contribution < -0.4 is 0 Å². The third-order valence-corrected chi connectivity index (χ3v) is 5.03. The highest BCUT2D eigenvalue weighted by Crippen LogP contribution is 2.30. The van der Waals surface area contributed by atoms with Gasteiger partial charge in [0.05, 0.1) is 16.0 Å². The van der Waals surface area contributed by atoms with Gasteiger partial charge >= 0.3 is 5.12 Å². The Hall–Kier alpha value is -2.52. The molecule has 102 valence electrons. The Bertz CT molecular complexity index is 707. The van der Waals surface area contributed by atoms with Crippen molar-refractivity contribution in [2.45, 2.75) is 0 Å². The largest absolute Gasteiger partial charge is 0.387 e. The molecular formula is C18H13O2S+. The lowest BCUT2D eigenvalue weighted by Crippen LogP contribution is -2.02.